The molecule has 3 amide bonds. The van der Waals surface area contributed by atoms with E-state index in [0.29, 0.717) is 19.0 Å². The topological polar surface area (TPSA) is 109 Å². The highest BCUT2D eigenvalue weighted by Gasteiger charge is 2.54. The van der Waals surface area contributed by atoms with E-state index in [1.807, 2.05) is 0 Å². The highest BCUT2D eigenvalue weighted by molar-refractivity contribution is 6.00. The molecule has 186 valence electrons. The lowest BCUT2D eigenvalue weighted by molar-refractivity contribution is -0.138. The number of carbonyl (C=O) groups excluding carboxylic acids is 3. The maximum atomic E-state index is 14.8. The second-order valence-electron chi connectivity index (χ2n) is 9.99. The van der Waals surface area contributed by atoms with E-state index in [-0.39, 0.29) is 41.9 Å². The lowest BCUT2D eigenvalue weighted by Gasteiger charge is -2.34. The molecule has 2 aliphatic heterocycles. The van der Waals surface area contributed by atoms with Crippen LogP contribution in [-0.4, -0.2) is 70.4 Å². The first kappa shape index (κ1) is 24.6. The number of H-pyrrole nitrogens is 1. The molecular weight excluding hydrogens is 463 g/mol. The van der Waals surface area contributed by atoms with Gasteiger partial charge in [-0.3, -0.25) is 14.4 Å². The molecule has 3 atom stereocenters. The van der Waals surface area contributed by atoms with Crippen LogP contribution in [0.25, 0.3) is 10.9 Å². The number of likely N-dealkylation sites (tertiary alicyclic amines) is 1. The molecule has 4 rings (SSSR count). The summed E-state index contributed by atoms with van der Waals surface area (Å²) in [5.74, 6) is -3.29. The van der Waals surface area contributed by atoms with E-state index in [4.69, 9.17) is 0 Å². The van der Waals surface area contributed by atoms with Gasteiger partial charge in [-0.25, -0.2) is 13.2 Å². The van der Waals surface area contributed by atoms with Crippen molar-refractivity contribution < 1.29 is 27.6 Å². The zero-order valence-electron chi connectivity index (χ0n) is 19.6. The minimum atomic E-state index is -1.85. The van der Waals surface area contributed by atoms with Crippen LogP contribution in [0.4, 0.5) is 13.2 Å². The quantitative estimate of drug-likeness (QED) is 0.673. The van der Waals surface area contributed by atoms with Crippen molar-refractivity contribution in [3.63, 3.8) is 0 Å². The highest BCUT2D eigenvalue weighted by Crippen LogP contribution is 2.41. The summed E-state index contributed by atoms with van der Waals surface area (Å²) in [4.78, 5) is 44.3. The molecule has 2 aliphatic rings. The standard InChI is InChI=1S/C24H26F3N5O3/c1-23(2,27)10-19(21(34)32-12-24(9-14(32)11-28)4-5-29-22(24)35)31(3)20(33)18-8-15-16(26)6-13(25)7-17(15)30-18/h6-8,14,19,30H,4-5,9-10,12H2,1-3H3,(H,29,35)/t14-,19-,24-/m0/s1. The molecule has 0 unspecified atom stereocenters. The Morgan fingerprint density at radius 1 is 1.34 bits per heavy atom. The summed E-state index contributed by atoms with van der Waals surface area (Å²) >= 11 is 0. The molecule has 11 heteroatoms. The Balaban J connectivity index is 1.65. The van der Waals surface area contributed by atoms with E-state index >= 15 is 0 Å². The number of nitrogens with one attached hydrogen (secondary N) is 2. The molecule has 0 aliphatic carbocycles. The number of fused-ring (bicyclic) bond motifs is 1. The Morgan fingerprint density at radius 3 is 2.66 bits per heavy atom. The van der Waals surface area contributed by atoms with Gasteiger partial charge in [0.1, 0.15) is 35.1 Å². The van der Waals surface area contributed by atoms with Gasteiger partial charge in [-0.2, -0.15) is 5.26 Å². The van der Waals surface area contributed by atoms with Crippen molar-refractivity contribution in [3.8, 4) is 6.07 Å². The van der Waals surface area contributed by atoms with Gasteiger partial charge in [-0.15, -0.1) is 0 Å². The second kappa shape index (κ2) is 8.59. The Hall–Kier alpha value is -3.55. The van der Waals surface area contributed by atoms with Crippen LogP contribution < -0.4 is 5.32 Å². The summed E-state index contributed by atoms with van der Waals surface area (Å²) in [5.41, 5.74) is -2.78. The predicted octanol–water partition coefficient (Wildman–Crippen LogP) is 2.66. The van der Waals surface area contributed by atoms with Crippen molar-refractivity contribution in [1.82, 2.24) is 20.1 Å². The fraction of sp³-hybridized carbons (Fsp3) is 0.500. The summed E-state index contributed by atoms with van der Waals surface area (Å²) in [6.07, 6.45) is 0.265. The van der Waals surface area contributed by atoms with Crippen molar-refractivity contribution in [3.05, 3.63) is 35.5 Å². The SMILES string of the molecule is CN(C(=O)c1cc2c(F)cc(F)cc2[nH]1)[C@@H](CC(C)(C)F)C(=O)N1C[C@]2(CCNC2=O)C[C@H]1C#N. The van der Waals surface area contributed by atoms with Crippen molar-refractivity contribution >= 4 is 28.6 Å². The van der Waals surface area contributed by atoms with Crippen molar-refractivity contribution in [2.45, 2.75) is 50.9 Å². The van der Waals surface area contributed by atoms with Crippen molar-refractivity contribution in [2.24, 2.45) is 5.41 Å². The van der Waals surface area contributed by atoms with Crippen LogP contribution in [0.5, 0.6) is 0 Å². The largest absolute Gasteiger partial charge is 0.356 e. The van der Waals surface area contributed by atoms with E-state index < -0.39 is 46.6 Å². The maximum absolute atomic E-state index is 14.8. The highest BCUT2D eigenvalue weighted by atomic mass is 19.1. The van der Waals surface area contributed by atoms with E-state index in [1.54, 1.807) is 0 Å². The average molecular weight is 489 g/mol. The number of hydrogen-bond acceptors (Lipinski definition) is 4. The van der Waals surface area contributed by atoms with Gasteiger partial charge in [-0.1, -0.05) is 0 Å². The fourth-order valence-corrected chi connectivity index (χ4v) is 5.04. The van der Waals surface area contributed by atoms with E-state index in [2.05, 4.69) is 16.4 Å². The monoisotopic (exact) mass is 489 g/mol. The number of halogens is 3. The van der Waals surface area contributed by atoms with Crippen LogP contribution in [-0.2, 0) is 9.59 Å². The number of aromatic nitrogens is 1. The van der Waals surface area contributed by atoms with Crippen LogP contribution in [0.3, 0.4) is 0 Å². The average Bonchev–Trinajstić information content (AvgIpc) is 3.47. The third kappa shape index (κ3) is 4.45. The fourth-order valence-electron chi connectivity index (χ4n) is 5.04. The molecule has 2 N–H and O–H groups in total. The number of alkyl halides is 1. The molecule has 3 heterocycles. The molecule has 0 bridgehead atoms. The molecular formula is C24H26F3N5O3. The van der Waals surface area contributed by atoms with Gasteiger partial charge in [-0.05, 0) is 38.8 Å². The number of benzene rings is 1. The molecule has 0 saturated carbocycles. The molecule has 35 heavy (non-hydrogen) atoms. The number of amides is 3. The van der Waals surface area contributed by atoms with Crippen LogP contribution in [0, 0.1) is 28.4 Å². The van der Waals surface area contributed by atoms with Gasteiger partial charge < -0.3 is 20.1 Å². The zero-order valence-corrected chi connectivity index (χ0v) is 19.6. The Morgan fingerprint density at radius 2 is 2.06 bits per heavy atom. The number of nitriles is 1. The summed E-state index contributed by atoms with van der Waals surface area (Å²) in [6.45, 7) is 2.97. The van der Waals surface area contributed by atoms with E-state index in [0.717, 1.165) is 11.0 Å². The number of nitrogens with zero attached hydrogens (tertiary/aromatic N) is 3. The van der Waals surface area contributed by atoms with E-state index in [9.17, 15) is 32.8 Å². The predicted molar refractivity (Wildman–Crippen MR) is 120 cm³/mol. The molecule has 2 saturated heterocycles. The Labute approximate surface area is 200 Å². The Bertz CT molecular complexity index is 1250. The van der Waals surface area contributed by atoms with Gasteiger partial charge in [0.2, 0.25) is 11.8 Å². The van der Waals surface area contributed by atoms with E-state index in [1.165, 1.54) is 31.9 Å². The molecule has 0 radical (unpaired) electrons. The molecule has 8 nitrogen and oxygen atoms in total. The molecule has 1 aromatic carbocycles. The summed E-state index contributed by atoms with van der Waals surface area (Å²) in [6, 6.07) is 2.79. The molecule has 1 aromatic heterocycles. The zero-order chi connectivity index (χ0) is 25.7. The molecule has 1 spiro atoms. The van der Waals surface area contributed by atoms with Crippen LogP contribution >= 0.6 is 0 Å². The number of aromatic amines is 1. The third-order valence-electron chi connectivity index (χ3n) is 6.87. The molecule has 2 aromatic rings. The first-order valence-corrected chi connectivity index (χ1v) is 11.3. The smallest absolute Gasteiger partial charge is 0.270 e. The van der Waals surface area contributed by atoms with Crippen LogP contribution in [0.2, 0.25) is 0 Å². The first-order valence-electron chi connectivity index (χ1n) is 11.3. The second-order valence-corrected chi connectivity index (χ2v) is 9.99. The lowest BCUT2D eigenvalue weighted by Crippen LogP contribution is -2.53. The van der Waals surface area contributed by atoms with Crippen LogP contribution in [0.15, 0.2) is 18.2 Å². The third-order valence-corrected chi connectivity index (χ3v) is 6.87. The number of carbonyl (C=O) groups is 3. The van der Waals surface area contributed by atoms with Gasteiger partial charge in [0.05, 0.1) is 17.0 Å². The van der Waals surface area contributed by atoms with Crippen molar-refractivity contribution in [2.75, 3.05) is 20.1 Å². The summed E-state index contributed by atoms with van der Waals surface area (Å²) < 4.78 is 42.5. The number of rotatable bonds is 5. The Kier molecular flexibility index (Phi) is 6.03. The van der Waals surface area contributed by atoms with Gasteiger partial charge in [0, 0.05) is 38.0 Å². The summed E-state index contributed by atoms with van der Waals surface area (Å²) in [7, 11) is 1.31. The minimum absolute atomic E-state index is 0.00197. The normalized spacial score (nSPS) is 22.9. The van der Waals surface area contributed by atoms with Gasteiger partial charge >= 0.3 is 0 Å². The van der Waals surface area contributed by atoms with Gasteiger partial charge in [0.15, 0.2) is 0 Å². The first-order chi connectivity index (χ1) is 16.3. The summed E-state index contributed by atoms with van der Waals surface area (Å²) in [5, 5.41) is 12.4. The lowest BCUT2D eigenvalue weighted by atomic mass is 9.84. The number of hydrogen-bond donors (Lipinski definition) is 2. The van der Waals surface area contributed by atoms with Gasteiger partial charge in [0.25, 0.3) is 5.91 Å². The molecule has 2 fully saturated rings. The van der Waals surface area contributed by atoms with Crippen LogP contribution in [0.1, 0.15) is 43.6 Å². The number of likely N-dealkylation sites (N-methyl/N-ethyl adjacent to an activating group) is 1. The van der Waals surface area contributed by atoms with Crippen molar-refractivity contribution in [1.29, 1.82) is 5.26 Å². The maximum Gasteiger partial charge on any atom is 0.270 e. The minimum Gasteiger partial charge on any atom is -0.356 e.